The lowest BCUT2D eigenvalue weighted by Crippen LogP contribution is -2.35. The molecule has 1 amide bonds. The van der Waals surface area contributed by atoms with Gasteiger partial charge in [-0.05, 0) is 24.8 Å². The summed E-state index contributed by atoms with van der Waals surface area (Å²) >= 11 is 0. The first kappa shape index (κ1) is 15.0. The van der Waals surface area contributed by atoms with Crippen molar-refractivity contribution >= 4 is 5.91 Å². The third-order valence-corrected chi connectivity index (χ3v) is 4.08. The van der Waals surface area contributed by atoms with Crippen LogP contribution in [-0.2, 0) is 4.79 Å². The molecule has 2 N–H and O–H groups in total. The number of aryl methyl sites for hydroxylation is 1. The second-order valence-electron chi connectivity index (χ2n) is 6.26. The Morgan fingerprint density at radius 1 is 1.30 bits per heavy atom. The monoisotopic (exact) mass is 274 g/mol. The van der Waals surface area contributed by atoms with Gasteiger partial charge in [0.05, 0.1) is 5.92 Å². The van der Waals surface area contributed by atoms with E-state index in [1.54, 1.807) is 0 Å². The van der Waals surface area contributed by atoms with Crippen molar-refractivity contribution in [1.29, 1.82) is 0 Å². The molecule has 0 bridgehead atoms. The summed E-state index contributed by atoms with van der Waals surface area (Å²) in [5, 5.41) is 6.44. The normalized spacial score (nSPS) is 22.2. The van der Waals surface area contributed by atoms with Gasteiger partial charge in [-0.25, -0.2) is 0 Å². The molecule has 1 aromatic carbocycles. The number of rotatable bonds is 5. The first-order valence-corrected chi connectivity index (χ1v) is 7.63. The Morgan fingerprint density at radius 2 is 2.00 bits per heavy atom. The second-order valence-corrected chi connectivity index (χ2v) is 6.26. The first-order valence-electron chi connectivity index (χ1n) is 7.63. The van der Waals surface area contributed by atoms with Crippen LogP contribution in [0.25, 0.3) is 0 Å². The molecule has 1 aromatic rings. The summed E-state index contributed by atoms with van der Waals surface area (Å²) in [5.41, 5.74) is 2.53. The molecule has 1 saturated heterocycles. The first-order chi connectivity index (χ1) is 9.58. The topological polar surface area (TPSA) is 41.1 Å². The van der Waals surface area contributed by atoms with E-state index >= 15 is 0 Å². The van der Waals surface area contributed by atoms with Gasteiger partial charge >= 0.3 is 0 Å². The van der Waals surface area contributed by atoms with Crippen LogP contribution >= 0.6 is 0 Å². The Labute approximate surface area is 122 Å². The molecule has 0 radical (unpaired) electrons. The summed E-state index contributed by atoms with van der Waals surface area (Å²) in [7, 11) is 0. The smallest absolute Gasteiger partial charge is 0.225 e. The Balaban J connectivity index is 1.96. The molecule has 1 heterocycles. The van der Waals surface area contributed by atoms with Gasteiger partial charge in [-0.1, -0.05) is 43.7 Å². The van der Waals surface area contributed by atoms with Crippen LogP contribution in [0.1, 0.15) is 37.3 Å². The van der Waals surface area contributed by atoms with Crippen LogP contribution in [0.15, 0.2) is 24.3 Å². The fraction of sp³-hybridized carbons (Fsp3) is 0.588. The highest BCUT2D eigenvalue weighted by Crippen LogP contribution is 2.28. The number of amides is 1. The molecule has 110 valence electrons. The molecule has 3 nitrogen and oxygen atoms in total. The molecule has 3 heteroatoms. The van der Waals surface area contributed by atoms with Gasteiger partial charge in [0, 0.05) is 25.6 Å². The quantitative estimate of drug-likeness (QED) is 0.866. The summed E-state index contributed by atoms with van der Waals surface area (Å²) in [6.45, 7) is 8.91. The maximum absolute atomic E-state index is 12.3. The summed E-state index contributed by atoms with van der Waals surface area (Å²) in [5.74, 6) is 1.19. The molecule has 2 rings (SSSR count). The molecular formula is C17H26N2O. The standard InChI is InChI=1S/C17H26N2O/c1-12(2)8-9-19-17(20)16-11-18-10-15(16)14-6-4-13(3)5-7-14/h4-7,12,15-16,18H,8-11H2,1-3H3,(H,19,20). The molecule has 1 aliphatic rings. The van der Waals surface area contributed by atoms with Crippen LogP contribution in [0.2, 0.25) is 0 Å². The van der Waals surface area contributed by atoms with Gasteiger partial charge < -0.3 is 10.6 Å². The lowest BCUT2D eigenvalue weighted by Gasteiger charge is -2.19. The van der Waals surface area contributed by atoms with Crippen LogP contribution in [-0.4, -0.2) is 25.5 Å². The van der Waals surface area contributed by atoms with E-state index in [4.69, 9.17) is 0 Å². The third kappa shape index (κ3) is 3.83. The molecule has 0 aromatic heterocycles. The van der Waals surface area contributed by atoms with Crippen molar-refractivity contribution in [2.24, 2.45) is 11.8 Å². The molecular weight excluding hydrogens is 248 g/mol. The fourth-order valence-corrected chi connectivity index (χ4v) is 2.73. The Bertz CT molecular complexity index is 439. The van der Waals surface area contributed by atoms with E-state index < -0.39 is 0 Å². The highest BCUT2D eigenvalue weighted by molar-refractivity contribution is 5.80. The van der Waals surface area contributed by atoms with Gasteiger partial charge in [0.2, 0.25) is 5.91 Å². The number of nitrogens with one attached hydrogen (secondary N) is 2. The van der Waals surface area contributed by atoms with Crippen molar-refractivity contribution in [2.75, 3.05) is 19.6 Å². The average Bonchev–Trinajstić information content (AvgIpc) is 2.88. The van der Waals surface area contributed by atoms with Crippen LogP contribution < -0.4 is 10.6 Å². The highest BCUT2D eigenvalue weighted by atomic mass is 16.1. The van der Waals surface area contributed by atoms with Gasteiger partial charge in [-0.2, -0.15) is 0 Å². The van der Waals surface area contributed by atoms with Gasteiger partial charge in [-0.3, -0.25) is 4.79 Å². The zero-order chi connectivity index (χ0) is 14.5. The van der Waals surface area contributed by atoms with Crippen LogP contribution in [0.4, 0.5) is 0 Å². The minimum Gasteiger partial charge on any atom is -0.356 e. The number of benzene rings is 1. The minimum atomic E-state index is 0.0601. The predicted molar refractivity (Wildman–Crippen MR) is 82.7 cm³/mol. The van der Waals surface area contributed by atoms with Crippen molar-refractivity contribution in [2.45, 2.75) is 33.1 Å². The molecule has 20 heavy (non-hydrogen) atoms. The SMILES string of the molecule is Cc1ccc(C2CNCC2C(=O)NCCC(C)C)cc1. The molecule has 1 fully saturated rings. The number of hydrogen-bond acceptors (Lipinski definition) is 2. The van der Waals surface area contributed by atoms with E-state index in [0.29, 0.717) is 11.8 Å². The molecule has 0 spiro atoms. The highest BCUT2D eigenvalue weighted by Gasteiger charge is 2.33. The predicted octanol–water partition coefficient (Wildman–Crippen LogP) is 2.46. The van der Waals surface area contributed by atoms with Crippen molar-refractivity contribution in [3.63, 3.8) is 0 Å². The largest absolute Gasteiger partial charge is 0.356 e. The second kappa shape index (κ2) is 6.89. The molecule has 2 atom stereocenters. The van der Waals surface area contributed by atoms with Crippen LogP contribution in [0.3, 0.4) is 0 Å². The third-order valence-electron chi connectivity index (χ3n) is 4.08. The van der Waals surface area contributed by atoms with Crippen LogP contribution in [0, 0.1) is 18.8 Å². The number of carbonyl (C=O) groups is 1. The minimum absolute atomic E-state index is 0.0601. The zero-order valence-electron chi connectivity index (χ0n) is 12.8. The van der Waals surface area contributed by atoms with Crippen molar-refractivity contribution in [3.8, 4) is 0 Å². The lowest BCUT2D eigenvalue weighted by molar-refractivity contribution is -0.124. The zero-order valence-corrected chi connectivity index (χ0v) is 12.8. The molecule has 2 unspecified atom stereocenters. The number of hydrogen-bond donors (Lipinski definition) is 2. The molecule has 0 aliphatic carbocycles. The van der Waals surface area contributed by atoms with E-state index in [9.17, 15) is 4.79 Å². The Hall–Kier alpha value is -1.35. The maximum Gasteiger partial charge on any atom is 0.225 e. The van der Waals surface area contributed by atoms with Gasteiger partial charge in [0.15, 0.2) is 0 Å². The van der Waals surface area contributed by atoms with E-state index in [0.717, 1.165) is 26.1 Å². The summed E-state index contributed by atoms with van der Waals surface area (Å²) in [6.07, 6.45) is 1.04. The summed E-state index contributed by atoms with van der Waals surface area (Å²) < 4.78 is 0. The van der Waals surface area contributed by atoms with Crippen molar-refractivity contribution < 1.29 is 4.79 Å². The molecule has 1 aliphatic heterocycles. The molecule has 0 saturated carbocycles. The Kier molecular flexibility index (Phi) is 5.18. The lowest BCUT2D eigenvalue weighted by atomic mass is 9.88. The van der Waals surface area contributed by atoms with Crippen molar-refractivity contribution in [3.05, 3.63) is 35.4 Å². The maximum atomic E-state index is 12.3. The van der Waals surface area contributed by atoms with E-state index in [1.165, 1.54) is 11.1 Å². The summed E-state index contributed by atoms with van der Waals surface area (Å²) in [4.78, 5) is 12.3. The van der Waals surface area contributed by atoms with Gasteiger partial charge in [-0.15, -0.1) is 0 Å². The van der Waals surface area contributed by atoms with E-state index in [2.05, 4.69) is 55.7 Å². The van der Waals surface area contributed by atoms with E-state index in [-0.39, 0.29) is 11.8 Å². The summed E-state index contributed by atoms with van der Waals surface area (Å²) in [6, 6.07) is 8.56. The van der Waals surface area contributed by atoms with Gasteiger partial charge in [0.1, 0.15) is 0 Å². The van der Waals surface area contributed by atoms with Gasteiger partial charge in [0.25, 0.3) is 0 Å². The fourth-order valence-electron chi connectivity index (χ4n) is 2.73. The number of carbonyl (C=O) groups excluding carboxylic acids is 1. The van der Waals surface area contributed by atoms with E-state index in [1.807, 2.05) is 0 Å². The average molecular weight is 274 g/mol. The Morgan fingerprint density at radius 3 is 2.65 bits per heavy atom. The van der Waals surface area contributed by atoms with Crippen molar-refractivity contribution in [1.82, 2.24) is 10.6 Å². The van der Waals surface area contributed by atoms with Crippen LogP contribution in [0.5, 0.6) is 0 Å².